The Kier molecular flexibility index (Phi) is 24.0. The fourth-order valence-corrected chi connectivity index (χ4v) is 3.56. The Morgan fingerprint density at radius 3 is 1.74 bits per heavy atom. The fourth-order valence-electron chi connectivity index (χ4n) is 2.79. The van der Waals surface area contributed by atoms with Gasteiger partial charge in [-0.05, 0) is 44.9 Å². The molecule has 2 atom stereocenters. The van der Waals surface area contributed by atoms with Crippen LogP contribution in [0.2, 0.25) is 0 Å². The third-order valence-corrected chi connectivity index (χ3v) is 5.66. The molecule has 0 amide bonds. The third-order valence-electron chi connectivity index (χ3n) is 4.68. The number of esters is 2. The predicted octanol–water partition coefficient (Wildman–Crippen LogP) is 6.03. The Hall–Kier alpha value is -2.55. The minimum Gasteiger partial charge on any atom is -0.462 e. The average Bonchev–Trinajstić information content (AvgIpc) is 2.90. The largest absolute Gasteiger partial charge is 0.472 e. The van der Waals surface area contributed by atoms with Crippen LogP contribution in [0, 0.1) is 0 Å². The molecule has 10 heteroatoms. The second-order valence-electron chi connectivity index (χ2n) is 8.25. The molecule has 220 valence electrons. The number of ether oxygens (including phenoxy) is 2. The van der Waals surface area contributed by atoms with Crippen LogP contribution in [-0.4, -0.2) is 49.3 Å². The second kappa shape index (κ2) is 25.7. The molecule has 3 N–H and O–H groups in total. The summed E-state index contributed by atoms with van der Waals surface area (Å²) in [4.78, 5) is 32.7. The van der Waals surface area contributed by atoms with Crippen molar-refractivity contribution in [1.82, 2.24) is 0 Å². The van der Waals surface area contributed by atoms with E-state index in [1.54, 1.807) is 0 Å². The highest BCUT2D eigenvalue weighted by atomic mass is 31.2. The van der Waals surface area contributed by atoms with E-state index in [-0.39, 0.29) is 26.2 Å². The van der Waals surface area contributed by atoms with Crippen LogP contribution in [0.4, 0.5) is 0 Å². The maximum absolute atomic E-state index is 12.1. The number of phosphoric acid groups is 1. The molecule has 0 radical (unpaired) electrons. The maximum atomic E-state index is 12.1. The maximum Gasteiger partial charge on any atom is 0.472 e. The Bertz CT molecular complexity index is 877. The standard InChI is InChI=1S/C29H46NO8P/c1-3-4-5-6-7-8-9-10-11-12-13-14-15-16-17-18-19-20-21-22-29(32)38-28(25-35-27(2)31)26-37-39(33,34)36-24-23-30/h4-5,7-8,10-11,13-14,16-17,19-20,28H,3,6,9,12,15,18,21-26,30H2,1-2H3,(H,33,34)/b5-4-,8-7-,11-10-,14-13-,17-16-,20-19-. The first-order valence-electron chi connectivity index (χ1n) is 13.4. The minimum absolute atomic E-state index is 0.0361. The van der Waals surface area contributed by atoms with Crippen LogP contribution in [0.3, 0.4) is 0 Å². The molecule has 0 aliphatic heterocycles. The van der Waals surface area contributed by atoms with Crippen molar-refractivity contribution in [3.05, 3.63) is 72.9 Å². The van der Waals surface area contributed by atoms with Gasteiger partial charge < -0.3 is 20.1 Å². The second-order valence-corrected chi connectivity index (χ2v) is 9.71. The zero-order chi connectivity index (χ0) is 29.0. The molecule has 0 aromatic heterocycles. The van der Waals surface area contributed by atoms with Crippen LogP contribution in [0.1, 0.15) is 65.2 Å². The van der Waals surface area contributed by atoms with Crippen molar-refractivity contribution in [2.75, 3.05) is 26.4 Å². The Labute approximate surface area is 233 Å². The summed E-state index contributed by atoms with van der Waals surface area (Å²) in [5, 5.41) is 0. The van der Waals surface area contributed by atoms with Gasteiger partial charge >= 0.3 is 19.8 Å². The molecular formula is C29H46NO8P. The van der Waals surface area contributed by atoms with Gasteiger partial charge in [0.15, 0.2) is 6.10 Å². The van der Waals surface area contributed by atoms with E-state index in [9.17, 15) is 19.0 Å². The molecule has 0 aromatic carbocycles. The molecule has 0 bridgehead atoms. The van der Waals surface area contributed by atoms with Gasteiger partial charge in [-0.1, -0.05) is 79.8 Å². The summed E-state index contributed by atoms with van der Waals surface area (Å²) in [5.74, 6) is -1.13. The predicted molar refractivity (Wildman–Crippen MR) is 155 cm³/mol. The van der Waals surface area contributed by atoms with Gasteiger partial charge in [0.25, 0.3) is 0 Å². The molecule has 0 saturated carbocycles. The van der Waals surface area contributed by atoms with E-state index >= 15 is 0 Å². The summed E-state index contributed by atoms with van der Waals surface area (Å²) in [6.07, 6.45) is 30.4. The van der Waals surface area contributed by atoms with Gasteiger partial charge in [0.1, 0.15) is 6.61 Å². The smallest absolute Gasteiger partial charge is 0.462 e. The van der Waals surface area contributed by atoms with E-state index in [1.165, 1.54) is 6.92 Å². The van der Waals surface area contributed by atoms with E-state index in [4.69, 9.17) is 19.7 Å². The summed E-state index contributed by atoms with van der Waals surface area (Å²) >= 11 is 0. The van der Waals surface area contributed by atoms with Crippen molar-refractivity contribution >= 4 is 19.8 Å². The van der Waals surface area contributed by atoms with E-state index in [1.807, 2.05) is 12.2 Å². The first-order chi connectivity index (χ1) is 18.8. The molecule has 2 unspecified atom stereocenters. The first kappa shape index (κ1) is 36.5. The van der Waals surface area contributed by atoms with Crippen molar-refractivity contribution in [3.63, 3.8) is 0 Å². The third kappa shape index (κ3) is 26.8. The monoisotopic (exact) mass is 567 g/mol. The highest BCUT2D eigenvalue weighted by Gasteiger charge is 2.25. The molecule has 0 saturated heterocycles. The van der Waals surface area contributed by atoms with Crippen LogP contribution in [0.15, 0.2) is 72.9 Å². The zero-order valence-electron chi connectivity index (χ0n) is 23.3. The van der Waals surface area contributed by atoms with Crippen molar-refractivity contribution in [2.45, 2.75) is 71.3 Å². The zero-order valence-corrected chi connectivity index (χ0v) is 24.2. The highest BCUT2D eigenvalue weighted by molar-refractivity contribution is 7.47. The number of rotatable bonds is 23. The molecule has 39 heavy (non-hydrogen) atoms. The van der Waals surface area contributed by atoms with Gasteiger partial charge in [0, 0.05) is 19.9 Å². The number of allylic oxidation sites excluding steroid dienone is 12. The topological polar surface area (TPSA) is 134 Å². The minimum atomic E-state index is -4.35. The number of phosphoric ester groups is 1. The Morgan fingerprint density at radius 1 is 0.795 bits per heavy atom. The van der Waals surface area contributed by atoms with Crippen molar-refractivity contribution in [1.29, 1.82) is 0 Å². The van der Waals surface area contributed by atoms with Crippen LogP contribution in [0.5, 0.6) is 0 Å². The molecule has 0 heterocycles. The molecular weight excluding hydrogens is 521 g/mol. The molecule has 0 aromatic rings. The average molecular weight is 568 g/mol. The van der Waals surface area contributed by atoms with Crippen molar-refractivity contribution in [3.8, 4) is 0 Å². The van der Waals surface area contributed by atoms with Crippen LogP contribution >= 0.6 is 7.82 Å². The van der Waals surface area contributed by atoms with E-state index in [0.717, 1.165) is 38.5 Å². The summed E-state index contributed by atoms with van der Waals surface area (Å²) in [6.45, 7) is 2.41. The van der Waals surface area contributed by atoms with Gasteiger partial charge in [0.05, 0.1) is 13.2 Å². The van der Waals surface area contributed by atoms with E-state index < -0.39 is 32.5 Å². The normalized spacial score (nSPS) is 14.9. The Balaban J connectivity index is 4.12. The number of carbonyl (C=O) groups is 2. The fraction of sp³-hybridized carbons (Fsp3) is 0.517. The molecule has 0 spiro atoms. The van der Waals surface area contributed by atoms with Crippen LogP contribution < -0.4 is 5.73 Å². The lowest BCUT2D eigenvalue weighted by Crippen LogP contribution is -2.29. The summed E-state index contributed by atoms with van der Waals surface area (Å²) < 4.78 is 31.2. The quantitative estimate of drug-likeness (QED) is 0.0862. The van der Waals surface area contributed by atoms with Gasteiger partial charge in [-0.25, -0.2) is 4.57 Å². The summed E-state index contributed by atoms with van der Waals surface area (Å²) in [7, 11) is -4.35. The van der Waals surface area contributed by atoms with Crippen LogP contribution in [-0.2, 0) is 32.7 Å². The van der Waals surface area contributed by atoms with Crippen molar-refractivity contribution in [2.24, 2.45) is 5.73 Å². The lowest BCUT2D eigenvalue weighted by Gasteiger charge is -2.19. The van der Waals surface area contributed by atoms with Crippen molar-refractivity contribution < 1.29 is 37.6 Å². The number of carbonyl (C=O) groups excluding carboxylic acids is 2. The van der Waals surface area contributed by atoms with Gasteiger partial charge in [-0.3, -0.25) is 18.6 Å². The number of hydrogen-bond donors (Lipinski definition) is 2. The Morgan fingerprint density at radius 2 is 1.28 bits per heavy atom. The molecule has 0 fully saturated rings. The van der Waals surface area contributed by atoms with Crippen LogP contribution in [0.25, 0.3) is 0 Å². The molecule has 0 aliphatic carbocycles. The SMILES string of the molecule is CC/C=C\C/C=C\C/C=C\C/C=C\C/C=C\C/C=C\CCC(=O)OC(COC(C)=O)COP(=O)(O)OCCN. The van der Waals surface area contributed by atoms with E-state index in [0.29, 0.717) is 6.42 Å². The van der Waals surface area contributed by atoms with Gasteiger partial charge in [0.2, 0.25) is 0 Å². The summed E-state index contributed by atoms with van der Waals surface area (Å²) in [6, 6.07) is 0. The van der Waals surface area contributed by atoms with Gasteiger partial charge in [-0.2, -0.15) is 0 Å². The molecule has 0 aliphatic rings. The lowest BCUT2D eigenvalue weighted by molar-refractivity contribution is -0.160. The molecule has 9 nitrogen and oxygen atoms in total. The van der Waals surface area contributed by atoms with Gasteiger partial charge in [-0.15, -0.1) is 0 Å². The lowest BCUT2D eigenvalue weighted by atomic mass is 10.2. The number of nitrogens with two attached hydrogens (primary N) is 1. The highest BCUT2D eigenvalue weighted by Crippen LogP contribution is 2.43. The number of hydrogen-bond acceptors (Lipinski definition) is 8. The van der Waals surface area contributed by atoms with E-state index in [2.05, 4.69) is 72.2 Å². The summed E-state index contributed by atoms with van der Waals surface area (Å²) in [5.41, 5.74) is 5.22. The molecule has 0 rings (SSSR count). The first-order valence-corrected chi connectivity index (χ1v) is 14.8.